The van der Waals surface area contributed by atoms with E-state index in [1.165, 1.54) is 0 Å². The van der Waals surface area contributed by atoms with Gasteiger partial charge in [-0.15, -0.1) is 0 Å². The first-order valence-electron chi connectivity index (χ1n) is 6.56. The van der Waals surface area contributed by atoms with Crippen molar-refractivity contribution in [2.24, 2.45) is 5.92 Å². The van der Waals surface area contributed by atoms with Crippen LogP contribution in [0.3, 0.4) is 0 Å². The van der Waals surface area contributed by atoms with E-state index in [1.807, 2.05) is 31.2 Å². The van der Waals surface area contributed by atoms with Crippen LogP contribution in [-0.4, -0.2) is 30.5 Å². The fraction of sp³-hybridized carbons (Fsp3) is 0.467. The van der Waals surface area contributed by atoms with Crippen molar-refractivity contribution in [3.05, 3.63) is 29.8 Å². The molecule has 0 saturated carbocycles. The smallest absolute Gasteiger partial charge is 0.224 e. The summed E-state index contributed by atoms with van der Waals surface area (Å²) in [7, 11) is 0. The van der Waals surface area contributed by atoms with E-state index >= 15 is 0 Å². The Morgan fingerprint density at radius 3 is 2.95 bits per heavy atom. The molecule has 1 aromatic rings. The summed E-state index contributed by atoms with van der Waals surface area (Å²) in [5.41, 5.74) is 1.09. The predicted octanol–water partition coefficient (Wildman–Crippen LogP) is 2.14. The van der Waals surface area contributed by atoms with Crippen molar-refractivity contribution in [2.45, 2.75) is 19.8 Å². The predicted molar refractivity (Wildman–Crippen MR) is 71.6 cm³/mol. The van der Waals surface area contributed by atoms with Crippen molar-refractivity contribution in [3.63, 3.8) is 0 Å². The van der Waals surface area contributed by atoms with Gasteiger partial charge in [-0.25, -0.2) is 0 Å². The fourth-order valence-corrected chi connectivity index (χ4v) is 2.21. The number of hydrogen-bond donors (Lipinski definition) is 0. The molecule has 0 bridgehead atoms. The molecule has 1 aliphatic heterocycles. The number of nitrogens with zero attached hydrogens (tertiary/aromatic N) is 2. The van der Waals surface area contributed by atoms with Gasteiger partial charge in [0.1, 0.15) is 12.4 Å². The summed E-state index contributed by atoms with van der Waals surface area (Å²) in [4.78, 5) is 13.6. The topological polar surface area (TPSA) is 53.3 Å². The number of carbonyl (C=O) groups is 1. The van der Waals surface area contributed by atoms with E-state index in [0.717, 1.165) is 17.7 Å². The van der Waals surface area contributed by atoms with E-state index in [0.29, 0.717) is 26.1 Å². The van der Waals surface area contributed by atoms with E-state index in [9.17, 15) is 4.79 Å². The minimum Gasteiger partial charge on any atom is -0.491 e. The molecule has 19 heavy (non-hydrogen) atoms. The molecule has 1 unspecified atom stereocenters. The van der Waals surface area contributed by atoms with Crippen LogP contribution < -0.4 is 4.74 Å². The molecule has 4 nitrogen and oxygen atoms in total. The summed E-state index contributed by atoms with van der Waals surface area (Å²) in [6.45, 7) is 3.74. The first-order valence-corrected chi connectivity index (χ1v) is 6.56. The van der Waals surface area contributed by atoms with Crippen LogP contribution in [-0.2, 0) is 4.79 Å². The summed E-state index contributed by atoms with van der Waals surface area (Å²) in [6.07, 6.45) is 1.12. The standard InChI is InChI=1S/C15H18N2O2/c1-12-4-2-3-5-14(12)19-9-8-17-7-6-13(11-16)10-15(17)18/h2-5,13H,6-10H2,1H3. The molecule has 1 aromatic carbocycles. The van der Waals surface area contributed by atoms with Gasteiger partial charge >= 0.3 is 0 Å². The number of hydrogen-bond acceptors (Lipinski definition) is 3. The molecular formula is C15H18N2O2. The summed E-state index contributed by atoms with van der Waals surface area (Å²) in [5.74, 6) is 0.814. The highest BCUT2D eigenvalue weighted by Gasteiger charge is 2.25. The second-order valence-corrected chi connectivity index (χ2v) is 4.81. The van der Waals surface area contributed by atoms with Gasteiger partial charge in [0, 0.05) is 13.0 Å². The zero-order valence-electron chi connectivity index (χ0n) is 11.1. The number of ether oxygens (including phenoxy) is 1. The van der Waals surface area contributed by atoms with E-state index in [1.54, 1.807) is 4.90 Å². The molecule has 4 heteroatoms. The molecule has 100 valence electrons. The van der Waals surface area contributed by atoms with E-state index in [2.05, 4.69) is 6.07 Å². The van der Waals surface area contributed by atoms with Gasteiger partial charge in [0.05, 0.1) is 18.5 Å². The van der Waals surface area contributed by atoms with Gasteiger partial charge in [-0.3, -0.25) is 4.79 Å². The van der Waals surface area contributed by atoms with Gasteiger partial charge in [0.25, 0.3) is 0 Å². The number of aryl methyl sites for hydroxylation is 1. The monoisotopic (exact) mass is 258 g/mol. The molecule has 1 saturated heterocycles. The van der Waals surface area contributed by atoms with Crippen LogP contribution in [0.15, 0.2) is 24.3 Å². The molecule has 0 spiro atoms. The molecule has 1 amide bonds. The first kappa shape index (κ1) is 13.4. The maximum atomic E-state index is 11.8. The van der Waals surface area contributed by atoms with Gasteiger partial charge in [0.15, 0.2) is 0 Å². The van der Waals surface area contributed by atoms with Crippen LogP contribution in [0.4, 0.5) is 0 Å². The van der Waals surface area contributed by atoms with Crippen molar-refractivity contribution >= 4 is 5.91 Å². The average Bonchev–Trinajstić information content (AvgIpc) is 2.42. The number of rotatable bonds is 4. The molecular weight excluding hydrogens is 240 g/mol. The maximum Gasteiger partial charge on any atom is 0.224 e. The highest BCUT2D eigenvalue weighted by molar-refractivity contribution is 5.77. The number of likely N-dealkylation sites (tertiary alicyclic amines) is 1. The van der Waals surface area contributed by atoms with Crippen LogP contribution in [0.25, 0.3) is 0 Å². The van der Waals surface area contributed by atoms with Crippen LogP contribution >= 0.6 is 0 Å². The molecule has 2 rings (SSSR count). The summed E-state index contributed by atoms with van der Waals surface area (Å²) < 4.78 is 5.68. The lowest BCUT2D eigenvalue weighted by molar-refractivity contribution is -0.134. The zero-order chi connectivity index (χ0) is 13.7. The number of benzene rings is 1. The normalized spacial score (nSPS) is 19.1. The van der Waals surface area contributed by atoms with Crippen LogP contribution in [0.2, 0.25) is 0 Å². The maximum absolute atomic E-state index is 11.8. The first-order chi connectivity index (χ1) is 9.20. The molecule has 1 heterocycles. The van der Waals surface area contributed by atoms with Crippen molar-refractivity contribution in [1.82, 2.24) is 4.90 Å². The molecule has 0 N–H and O–H groups in total. The highest BCUT2D eigenvalue weighted by atomic mass is 16.5. The van der Waals surface area contributed by atoms with Crippen LogP contribution in [0.1, 0.15) is 18.4 Å². The molecule has 0 aliphatic carbocycles. The van der Waals surface area contributed by atoms with E-state index in [-0.39, 0.29) is 11.8 Å². The minimum absolute atomic E-state index is 0.0613. The Morgan fingerprint density at radius 1 is 1.47 bits per heavy atom. The number of piperidine rings is 1. The second kappa shape index (κ2) is 6.24. The summed E-state index contributed by atoms with van der Waals surface area (Å²) in [5, 5.41) is 8.80. The molecule has 0 radical (unpaired) electrons. The summed E-state index contributed by atoms with van der Waals surface area (Å²) in [6, 6.07) is 10.0. The van der Waals surface area contributed by atoms with Gasteiger partial charge < -0.3 is 9.64 Å². The van der Waals surface area contributed by atoms with Gasteiger partial charge in [-0.2, -0.15) is 5.26 Å². The largest absolute Gasteiger partial charge is 0.491 e. The third-order valence-corrected chi connectivity index (χ3v) is 3.42. The molecule has 0 aromatic heterocycles. The molecule has 1 atom stereocenters. The Kier molecular flexibility index (Phi) is 4.40. The zero-order valence-corrected chi connectivity index (χ0v) is 11.1. The average molecular weight is 258 g/mol. The van der Waals surface area contributed by atoms with E-state index < -0.39 is 0 Å². The third-order valence-electron chi connectivity index (χ3n) is 3.42. The van der Waals surface area contributed by atoms with Crippen LogP contribution in [0, 0.1) is 24.2 Å². The van der Waals surface area contributed by atoms with Crippen molar-refractivity contribution in [1.29, 1.82) is 5.26 Å². The lowest BCUT2D eigenvalue weighted by atomic mass is 9.98. The Morgan fingerprint density at radius 2 is 2.26 bits per heavy atom. The lowest BCUT2D eigenvalue weighted by Crippen LogP contribution is -2.40. The van der Waals surface area contributed by atoms with Gasteiger partial charge in [0.2, 0.25) is 5.91 Å². The van der Waals surface area contributed by atoms with Crippen molar-refractivity contribution in [2.75, 3.05) is 19.7 Å². The van der Waals surface area contributed by atoms with Crippen LogP contribution in [0.5, 0.6) is 5.75 Å². The number of nitriles is 1. The number of amides is 1. The van der Waals surface area contributed by atoms with E-state index in [4.69, 9.17) is 10.00 Å². The second-order valence-electron chi connectivity index (χ2n) is 4.81. The lowest BCUT2D eigenvalue weighted by Gasteiger charge is -2.28. The quantitative estimate of drug-likeness (QED) is 0.831. The van der Waals surface area contributed by atoms with Gasteiger partial charge in [-0.1, -0.05) is 18.2 Å². The molecule has 1 fully saturated rings. The molecule has 1 aliphatic rings. The number of carbonyl (C=O) groups excluding carboxylic acids is 1. The fourth-order valence-electron chi connectivity index (χ4n) is 2.21. The van der Waals surface area contributed by atoms with Crippen molar-refractivity contribution < 1.29 is 9.53 Å². The minimum atomic E-state index is -0.110. The Balaban J connectivity index is 1.79. The summed E-state index contributed by atoms with van der Waals surface area (Å²) >= 11 is 0. The highest BCUT2D eigenvalue weighted by Crippen LogP contribution is 2.18. The SMILES string of the molecule is Cc1ccccc1OCCN1CCC(C#N)CC1=O. The Bertz CT molecular complexity index is 493. The number of para-hydroxylation sites is 1. The Hall–Kier alpha value is -2.02. The Labute approximate surface area is 113 Å². The van der Waals surface area contributed by atoms with Crippen molar-refractivity contribution in [3.8, 4) is 11.8 Å². The van der Waals surface area contributed by atoms with Gasteiger partial charge in [-0.05, 0) is 25.0 Å². The third kappa shape index (κ3) is 3.47.